The molecule has 2 aromatic rings. The van der Waals surface area contributed by atoms with Crippen molar-refractivity contribution in [1.82, 2.24) is 14.9 Å². The number of amides is 2. The molecule has 9 nitrogen and oxygen atoms in total. The number of benzene rings is 2. The third-order valence-electron chi connectivity index (χ3n) is 4.97. The van der Waals surface area contributed by atoms with E-state index >= 15 is 0 Å². The van der Waals surface area contributed by atoms with Gasteiger partial charge in [0.05, 0.1) is 4.90 Å². The molecule has 0 bridgehead atoms. The van der Waals surface area contributed by atoms with Gasteiger partial charge in [0.15, 0.2) is 0 Å². The van der Waals surface area contributed by atoms with E-state index in [9.17, 15) is 27.9 Å². The molecule has 0 aliphatic carbocycles. The molecule has 1 aliphatic rings. The maximum Gasteiger partial charge on any atom is 0.328 e. The van der Waals surface area contributed by atoms with E-state index in [0.717, 1.165) is 4.31 Å². The number of carboxylic acid groups (broad SMARTS) is 1. The summed E-state index contributed by atoms with van der Waals surface area (Å²) in [6.45, 7) is -0.176. The first-order chi connectivity index (χ1) is 14.8. The molecular formula is C21H23N3O6S. The minimum Gasteiger partial charge on any atom is -0.480 e. The first kappa shape index (κ1) is 22.4. The molecule has 31 heavy (non-hydrogen) atoms. The van der Waals surface area contributed by atoms with Gasteiger partial charge in [-0.15, -0.1) is 0 Å². The van der Waals surface area contributed by atoms with Crippen LogP contribution >= 0.6 is 0 Å². The van der Waals surface area contributed by atoms with Crippen LogP contribution in [0.25, 0.3) is 0 Å². The van der Waals surface area contributed by atoms with E-state index in [4.69, 9.17) is 0 Å². The molecule has 0 unspecified atom stereocenters. The van der Waals surface area contributed by atoms with Crippen molar-refractivity contribution < 1.29 is 27.9 Å². The SMILES string of the molecule is O=C(NC[C@H](NC(=O)[C@@H]1CCCN1S(=O)(=O)c1ccccc1)C(=O)O)c1ccccc1. The second-order valence-corrected chi connectivity index (χ2v) is 8.95. The predicted molar refractivity (Wildman–Crippen MR) is 112 cm³/mol. The van der Waals surface area contributed by atoms with Crippen LogP contribution in [0.3, 0.4) is 0 Å². The largest absolute Gasteiger partial charge is 0.480 e. The number of nitrogens with one attached hydrogen (secondary N) is 2. The highest BCUT2D eigenvalue weighted by molar-refractivity contribution is 7.89. The highest BCUT2D eigenvalue weighted by Crippen LogP contribution is 2.26. The van der Waals surface area contributed by atoms with Crippen molar-refractivity contribution in [3.05, 3.63) is 66.2 Å². The van der Waals surface area contributed by atoms with Crippen LogP contribution < -0.4 is 10.6 Å². The van der Waals surface area contributed by atoms with Crippen molar-refractivity contribution in [1.29, 1.82) is 0 Å². The van der Waals surface area contributed by atoms with Gasteiger partial charge < -0.3 is 15.7 Å². The van der Waals surface area contributed by atoms with Gasteiger partial charge in [-0.25, -0.2) is 13.2 Å². The second-order valence-electron chi connectivity index (χ2n) is 7.06. The zero-order valence-electron chi connectivity index (χ0n) is 16.6. The lowest BCUT2D eigenvalue weighted by molar-refractivity contribution is -0.142. The van der Waals surface area contributed by atoms with Gasteiger partial charge in [0, 0.05) is 18.7 Å². The van der Waals surface area contributed by atoms with E-state index in [0.29, 0.717) is 12.0 Å². The Labute approximate surface area is 180 Å². The lowest BCUT2D eigenvalue weighted by Gasteiger charge is -2.25. The number of aliphatic carboxylic acids is 1. The molecule has 1 aliphatic heterocycles. The Balaban J connectivity index is 1.67. The number of sulfonamides is 1. The molecule has 1 saturated heterocycles. The summed E-state index contributed by atoms with van der Waals surface area (Å²) in [5.74, 6) is -2.52. The third-order valence-corrected chi connectivity index (χ3v) is 6.90. The fourth-order valence-corrected chi connectivity index (χ4v) is 5.05. The van der Waals surface area contributed by atoms with E-state index in [1.165, 1.54) is 12.1 Å². The standard InChI is InChI=1S/C21H23N3O6S/c25-19(15-8-3-1-4-9-15)22-14-17(21(27)28)23-20(26)18-12-7-13-24(18)31(29,30)16-10-5-2-6-11-16/h1-6,8-11,17-18H,7,12-14H2,(H,22,25)(H,23,26)(H,27,28)/t17-,18-/m0/s1. The van der Waals surface area contributed by atoms with Gasteiger partial charge in [0.1, 0.15) is 12.1 Å². The number of carbonyl (C=O) groups excluding carboxylic acids is 2. The first-order valence-electron chi connectivity index (χ1n) is 9.74. The molecule has 3 rings (SSSR count). The van der Waals surface area contributed by atoms with Gasteiger partial charge in [-0.2, -0.15) is 4.31 Å². The molecule has 0 radical (unpaired) electrons. The number of carbonyl (C=O) groups is 3. The fraction of sp³-hybridized carbons (Fsp3) is 0.286. The molecule has 0 spiro atoms. The van der Waals surface area contributed by atoms with Gasteiger partial charge in [-0.1, -0.05) is 36.4 Å². The number of carboxylic acids is 1. The molecule has 2 amide bonds. The van der Waals surface area contributed by atoms with E-state index in [-0.39, 0.29) is 24.4 Å². The number of nitrogens with zero attached hydrogens (tertiary/aromatic N) is 1. The third kappa shape index (κ3) is 5.28. The van der Waals surface area contributed by atoms with Crippen LogP contribution in [0.1, 0.15) is 23.2 Å². The molecule has 0 aromatic heterocycles. The summed E-state index contributed by atoms with van der Waals surface area (Å²) < 4.78 is 26.9. The van der Waals surface area contributed by atoms with Crippen molar-refractivity contribution in [2.45, 2.75) is 29.8 Å². The highest BCUT2D eigenvalue weighted by atomic mass is 32.2. The summed E-state index contributed by atoms with van der Waals surface area (Å²) >= 11 is 0. The van der Waals surface area contributed by atoms with E-state index in [2.05, 4.69) is 10.6 Å². The van der Waals surface area contributed by atoms with Crippen molar-refractivity contribution >= 4 is 27.8 Å². The Morgan fingerprint density at radius 1 is 1.03 bits per heavy atom. The Bertz CT molecular complexity index is 1040. The summed E-state index contributed by atoms with van der Waals surface area (Å²) in [7, 11) is -3.90. The van der Waals surface area contributed by atoms with Crippen molar-refractivity contribution in [3.8, 4) is 0 Å². The number of hydrogen-bond donors (Lipinski definition) is 3. The topological polar surface area (TPSA) is 133 Å². The Hall–Kier alpha value is -3.24. The molecule has 1 fully saturated rings. The minimum atomic E-state index is -3.90. The van der Waals surface area contributed by atoms with Gasteiger partial charge in [-0.05, 0) is 37.1 Å². The average Bonchev–Trinajstić information content (AvgIpc) is 3.28. The quantitative estimate of drug-likeness (QED) is 0.552. The maximum atomic E-state index is 12.9. The molecule has 0 saturated carbocycles. The molecule has 1 heterocycles. The summed E-state index contributed by atoms with van der Waals surface area (Å²) in [6.07, 6.45) is 0.757. The minimum absolute atomic E-state index is 0.0691. The summed E-state index contributed by atoms with van der Waals surface area (Å²) in [4.78, 5) is 36.6. The summed E-state index contributed by atoms with van der Waals surface area (Å²) in [5.41, 5.74) is 0.355. The number of rotatable bonds is 8. The van der Waals surface area contributed by atoms with E-state index in [1.54, 1.807) is 48.5 Å². The average molecular weight is 445 g/mol. The van der Waals surface area contributed by atoms with Gasteiger partial charge >= 0.3 is 5.97 Å². The lowest BCUT2D eigenvalue weighted by Crippen LogP contribution is -2.54. The van der Waals surface area contributed by atoms with E-state index < -0.39 is 39.9 Å². The monoisotopic (exact) mass is 445 g/mol. The number of hydrogen-bond acceptors (Lipinski definition) is 5. The highest BCUT2D eigenvalue weighted by Gasteiger charge is 2.40. The molecule has 2 atom stereocenters. The van der Waals surface area contributed by atoms with E-state index in [1.807, 2.05) is 0 Å². The van der Waals surface area contributed by atoms with Gasteiger partial charge in [-0.3, -0.25) is 9.59 Å². The molecule has 2 aromatic carbocycles. The van der Waals surface area contributed by atoms with Crippen LogP contribution in [0.15, 0.2) is 65.6 Å². The Morgan fingerprint density at radius 2 is 1.65 bits per heavy atom. The van der Waals surface area contributed by atoms with Crippen molar-refractivity contribution in [2.24, 2.45) is 0 Å². The second kappa shape index (κ2) is 9.71. The zero-order chi connectivity index (χ0) is 22.4. The van der Waals surface area contributed by atoms with Crippen LogP contribution in [-0.4, -0.2) is 60.8 Å². The van der Waals surface area contributed by atoms with Crippen LogP contribution in [0, 0.1) is 0 Å². The predicted octanol–water partition coefficient (Wildman–Crippen LogP) is 0.839. The first-order valence-corrected chi connectivity index (χ1v) is 11.2. The summed E-state index contributed by atoms with van der Waals surface area (Å²) in [5, 5.41) is 14.3. The Kier molecular flexibility index (Phi) is 7.03. The van der Waals surface area contributed by atoms with Crippen molar-refractivity contribution in [2.75, 3.05) is 13.1 Å². The molecule has 164 valence electrons. The van der Waals surface area contributed by atoms with Crippen LogP contribution in [0.5, 0.6) is 0 Å². The molecule has 10 heteroatoms. The van der Waals surface area contributed by atoms with Crippen molar-refractivity contribution in [3.63, 3.8) is 0 Å². The van der Waals surface area contributed by atoms with Crippen LogP contribution in [0.2, 0.25) is 0 Å². The van der Waals surface area contributed by atoms with Gasteiger partial charge in [0.25, 0.3) is 5.91 Å². The fourth-order valence-electron chi connectivity index (χ4n) is 3.37. The molecule has 3 N–H and O–H groups in total. The van der Waals surface area contributed by atoms with Crippen LogP contribution in [0.4, 0.5) is 0 Å². The Morgan fingerprint density at radius 3 is 2.26 bits per heavy atom. The zero-order valence-corrected chi connectivity index (χ0v) is 17.4. The molecular weight excluding hydrogens is 422 g/mol. The lowest BCUT2D eigenvalue weighted by atomic mass is 10.2. The smallest absolute Gasteiger partial charge is 0.328 e. The van der Waals surface area contributed by atoms with Crippen LogP contribution in [-0.2, 0) is 19.6 Å². The van der Waals surface area contributed by atoms with Gasteiger partial charge in [0.2, 0.25) is 15.9 Å². The maximum absolute atomic E-state index is 12.9. The summed E-state index contributed by atoms with van der Waals surface area (Å²) in [6, 6.07) is 13.6. The normalized spacial score (nSPS) is 17.6.